The molecule has 0 amide bonds. The molecule has 0 atom stereocenters. The van der Waals surface area contributed by atoms with Crippen molar-refractivity contribution in [1.29, 1.82) is 0 Å². The van der Waals surface area contributed by atoms with Gasteiger partial charge in [0.15, 0.2) is 0 Å². The largest absolute Gasteiger partial charge is 0.397 e. The minimum Gasteiger partial charge on any atom is -0.397 e. The average molecular weight is 578 g/mol. The van der Waals surface area contributed by atoms with Crippen LogP contribution in [-0.2, 0) is 6.42 Å². The van der Waals surface area contributed by atoms with Crippen molar-refractivity contribution in [3.05, 3.63) is 156 Å². The molecule has 3 N–H and O–H groups in total. The minimum atomic E-state index is 0.751. The first-order valence-electron chi connectivity index (χ1n) is 15.6. The molecule has 0 spiro atoms. The van der Waals surface area contributed by atoms with E-state index < -0.39 is 0 Å². The molecule has 0 fully saturated rings. The summed E-state index contributed by atoms with van der Waals surface area (Å²) >= 11 is 0. The molecule has 1 heterocycles. The summed E-state index contributed by atoms with van der Waals surface area (Å²) in [5.74, 6) is 0. The van der Waals surface area contributed by atoms with E-state index in [0.29, 0.717) is 0 Å². The molecule has 0 saturated carbocycles. The second kappa shape index (κ2) is 10.1. The first kappa shape index (κ1) is 25.7. The smallest absolute Gasteiger partial charge is 0.0703 e. The van der Waals surface area contributed by atoms with Crippen molar-refractivity contribution in [2.75, 3.05) is 11.1 Å². The van der Waals surface area contributed by atoms with E-state index in [2.05, 4.69) is 131 Å². The molecule has 3 heteroatoms. The number of rotatable bonds is 4. The molecular formula is C42H31N3. The maximum Gasteiger partial charge on any atom is 0.0703 e. The van der Waals surface area contributed by atoms with Crippen LogP contribution in [0.4, 0.5) is 17.1 Å². The Labute approximate surface area is 261 Å². The number of aryl methyl sites for hydroxylation is 1. The van der Waals surface area contributed by atoms with Crippen LogP contribution in [0.1, 0.15) is 23.1 Å². The third-order valence-corrected chi connectivity index (χ3v) is 9.39. The maximum atomic E-state index is 6.63. The lowest BCUT2D eigenvalue weighted by Crippen LogP contribution is -2.04. The number of anilines is 3. The quantitative estimate of drug-likeness (QED) is 0.204. The van der Waals surface area contributed by atoms with E-state index in [4.69, 9.17) is 5.73 Å². The Morgan fingerprint density at radius 3 is 2.24 bits per heavy atom. The van der Waals surface area contributed by atoms with Gasteiger partial charge in [0.05, 0.1) is 22.4 Å². The number of nitrogens with two attached hydrogens (primary N) is 1. The molecule has 0 aliphatic heterocycles. The van der Waals surface area contributed by atoms with Crippen LogP contribution in [-0.4, -0.2) is 4.57 Å². The van der Waals surface area contributed by atoms with E-state index >= 15 is 0 Å². The second-order valence-electron chi connectivity index (χ2n) is 12.0. The predicted molar refractivity (Wildman–Crippen MR) is 193 cm³/mol. The van der Waals surface area contributed by atoms with Gasteiger partial charge in [-0.1, -0.05) is 97.1 Å². The van der Waals surface area contributed by atoms with Crippen molar-refractivity contribution >= 4 is 72.1 Å². The summed E-state index contributed by atoms with van der Waals surface area (Å²) in [4.78, 5) is 0. The minimum absolute atomic E-state index is 0.751. The van der Waals surface area contributed by atoms with Crippen molar-refractivity contribution in [2.45, 2.75) is 12.8 Å². The van der Waals surface area contributed by atoms with Crippen LogP contribution >= 0.6 is 0 Å². The fourth-order valence-corrected chi connectivity index (χ4v) is 7.21. The third-order valence-electron chi connectivity index (χ3n) is 9.39. The summed E-state index contributed by atoms with van der Waals surface area (Å²) in [6.07, 6.45) is 4.38. The Kier molecular flexibility index (Phi) is 5.79. The van der Waals surface area contributed by atoms with Gasteiger partial charge in [-0.05, 0) is 99.8 Å². The number of hydrogen-bond donors (Lipinski definition) is 2. The van der Waals surface area contributed by atoms with Gasteiger partial charge in [0.2, 0.25) is 0 Å². The summed E-state index contributed by atoms with van der Waals surface area (Å²) < 4.78 is 2.43. The zero-order valence-corrected chi connectivity index (χ0v) is 24.8. The fourth-order valence-electron chi connectivity index (χ4n) is 7.21. The topological polar surface area (TPSA) is 43.0 Å². The number of nitrogen functional groups attached to an aromatic ring is 1. The van der Waals surface area contributed by atoms with E-state index in [1.54, 1.807) is 0 Å². The van der Waals surface area contributed by atoms with Crippen LogP contribution in [0.3, 0.4) is 0 Å². The highest BCUT2D eigenvalue weighted by Gasteiger charge is 2.19. The fraction of sp³-hybridized carbons (Fsp3) is 0.0476. The summed E-state index contributed by atoms with van der Waals surface area (Å²) in [5.41, 5.74) is 18.2. The SMILES string of the molecule is Nc1ccc2ccc3c(c2c1Nc1ccccc1)C=C(c1cccc(-n2c4ccccc4c4cc5ccccc5cc42)c1)CC3. The molecule has 1 aromatic heterocycles. The molecule has 8 aromatic rings. The molecule has 9 rings (SSSR count). The van der Waals surface area contributed by atoms with Crippen LogP contribution in [0.25, 0.3) is 60.7 Å². The Morgan fingerprint density at radius 2 is 1.36 bits per heavy atom. The van der Waals surface area contributed by atoms with Gasteiger partial charge in [-0.25, -0.2) is 0 Å². The molecule has 1 aliphatic carbocycles. The number of allylic oxidation sites excluding steroid dienone is 1. The van der Waals surface area contributed by atoms with Crippen LogP contribution in [0.2, 0.25) is 0 Å². The molecule has 1 aliphatic rings. The number of benzene rings is 7. The van der Waals surface area contributed by atoms with Crippen LogP contribution in [0.15, 0.2) is 140 Å². The highest BCUT2D eigenvalue weighted by molar-refractivity contribution is 6.14. The van der Waals surface area contributed by atoms with E-state index in [-0.39, 0.29) is 0 Å². The van der Waals surface area contributed by atoms with Gasteiger partial charge in [-0.2, -0.15) is 0 Å². The lowest BCUT2D eigenvalue weighted by atomic mass is 9.85. The lowest BCUT2D eigenvalue weighted by molar-refractivity contribution is 1.00. The van der Waals surface area contributed by atoms with Gasteiger partial charge in [0.1, 0.15) is 0 Å². The van der Waals surface area contributed by atoms with Crippen molar-refractivity contribution in [3.63, 3.8) is 0 Å². The number of nitrogens with one attached hydrogen (secondary N) is 1. The highest BCUT2D eigenvalue weighted by atomic mass is 15.0. The predicted octanol–water partition coefficient (Wildman–Crippen LogP) is 10.9. The van der Waals surface area contributed by atoms with Gasteiger partial charge in [-0.3, -0.25) is 0 Å². The van der Waals surface area contributed by atoms with Crippen LogP contribution in [0, 0.1) is 0 Å². The number of fused-ring (bicyclic) bond motifs is 7. The van der Waals surface area contributed by atoms with Gasteiger partial charge in [-0.15, -0.1) is 0 Å². The maximum absolute atomic E-state index is 6.63. The molecule has 0 radical (unpaired) electrons. The average Bonchev–Trinajstić information content (AvgIpc) is 3.41. The van der Waals surface area contributed by atoms with E-state index in [1.807, 2.05) is 24.3 Å². The molecular weight excluding hydrogens is 546 g/mol. The number of aromatic nitrogens is 1. The van der Waals surface area contributed by atoms with Crippen LogP contribution < -0.4 is 11.1 Å². The van der Waals surface area contributed by atoms with Gasteiger partial charge in [0.25, 0.3) is 0 Å². The monoisotopic (exact) mass is 577 g/mol. The third kappa shape index (κ3) is 4.20. The summed E-state index contributed by atoms with van der Waals surface area (Å²) in [6, 6.07) is 50.1. The van der Waals surface area contributed by atoms with Crippen molar-refractivity contribution in [3.8, 4) is 5.69 Å². The first-order chi connectivity index (χ1) is 22.2. The van der Waals surface area contributed by atoms with E-state index in [9.17, 15) is 0 Å². The Balaban J connectivity index is 1.21. The Bertz CT molecular complexity index is 2470. The molecule has 7 aromatic carbocycles. The summed E-state index contributed by atoms with van der Waals surface area (Å²) in [5, 5.41) is 11.1. The number of nitrogens with zero attached hydrogens (tertiary/aromatic N) is 1. The summed E-state index contributed by atoms with van der Waals surface area (Å²) in [6.45, 7) is 0. The van der Waals surface area contributed by atoms with Crippen molar-refractivity contribution in [2.24, 2.45) is 0 Å². The second-order valence-corrected chi connectivity index (χ2v) is 12.0. The Morgan fingerprint density at radius 1 is 0.578 bits per heavy atom. The molecule has 3 nitrogen and oxygen atoms in total. The summed E-state index contributed by atoms with van der Waals surface area (Å²) in [7, 11) is 0. The molecule has 0 bridgehead atoms. The molecule has 0 unspecified atom stereocenters. The van der Waals surface area contributed by atoms with Crippen molar-refractivity contribution < 1.29 is 0 Å². The van der Waals surface area contributed by atoms with Gasteiger partial charge < -0.3 is 15.6 Å². The number of para-hydroxylation sites is 2. The lowest BCUT2D eigenvalue weighted by Gasteiger charge is -2.22. The Hall–Kier alpha value is -5.80. The molecule has 0 saturated heterocycles. The van der Waals surface area contributed by atoms with Gasteiger partial charge in [0, 0.05) is 27.5 Å². The van der Waals surface area contributed by atoms with Crippen LogP contribution in [0.5, 0.6) is 0 Å². The highest BCUT2D eigenvalue weighted by Crippen LogP contribution is 2.42. The number of hydrogen-bond acceptors (Lipinski definition) is 2. The normalized spacial score (nSPS) is 12.9. The molecule has 45 heavy (non-hydrogen) atoms. The standard InChI is InChI=1S/C42H31N3/c43-38-22-21-28-19-17-27-18-20-32(24-36(27)41(28)42(38)44-33-12-2-1-3-13-33)29-11-8-14-34(23-29)45-39-16-7-6-15-35(39)37-25-30-9-4-5-10-31(30)26-40(37)45/h1-17,19,21-26,44H,18,20,43H2. The van der Waals surface area contributed by atoms with Gasteiger partial charge >= 0.3 is 0 Å². The van der Waals surface area contributed by atoms with E-state index in [0.717, 1.165) is 29.9 Å². The van der Waals surface area contributed by atoms with E-state index in [1.165, 1.54) is 71.3 Å². The van der Waals surface area contributed by atoms with Crippen molar-refractivity contribution in [1.82, 2.24) is 4.57 Å². The molecule has 214 valence electrons. The zero-order chi connectivity index (χ0) is 29.9. The first-order valence-corrected chi connectivity index (χ1v) is 15.6. The zero-order valence-electron chi connectivity index (χ0n) is 24.8.